The van der Waals surface area contributed by atoms with Crippen molar-refractivity contribution in [3.05, 3.63) is 95.2 Å². The largest absolute Gasteiger partial charge is 0.497 e. The first kappa shape index (κ1) is 27.0. The highest BCUT2D eigenvalue weighted by Gasteiger charge is 2.53. The van der Waals surface area contributed by atoms with Crippen LogP contribution in [-0.2, 0) is 16.0 Å². The minimum Gasteiger partial charge on any atom is -0.497 e. The van der Waals surface area contributed by atoms with Crippen LogP contribution in [0.15, 0.2) is 72.8 Å². The highest BCUT2D eigenvalue weighted by Crippen LogP contribution is 2.45. The van der Waals surface area contributed by atoms with E-state index in [9.17, 15) is 29.4 Å². The van der Waals surface area contributed by atoms with Crippen molar-refractivity contribution in [3.63, 3.8) is 0 Å². The molecule has 4 unspecified atom stereocenters. The number of hydrogen-bond donors (Lipinski definition) is 4. The van der Waals surface area contributed by atoms with Crippen molar-refractivity contribution >= 4 is 40.4 Å². The average Bonchev–Trinajstić information content (AvgIpc) is 3.48. The Labute approximate surface area is 240 Å². The van der Waals surface area contributed by atoms with E-state index in [1.54, 1.807) is 25.3 Å². The van der Waals surface area contributed by atoms with Crippen molar-refractivity contribution < 1.29 is 34.1 Å². The Morgan fingerprint density at radius 3 is 2.52 bits per heavy atom. The van der Waals surface area contributed by atoms with Crippen LogP contribution in [0.1, 0.15) is 40.1 Å². The summed E-state index contributed by atoms with van der Waals surface area (Å²) in [4.78, 5) is 59.2. The van der Waals surface area contributed by atoms with Gasteiger partial charge >= 0.3 is 12.0 Å². The number of anilines is 1. The quantitative estimate of drug-likeness (QED) is 0.250. The number of nitrogens with one attached hydrogen (secondary N) is 2. The van der Waals surface area contributed by atoms with E-state index < -0.39 is 48.0 Å². The fourth-order valence-electron chi connectivity index (χ4n) is 5.92. The maximum atomic E-state index is 14.2. The molecule has 0 bridgehead atoms. The molecule has 42 heavy (non-hydrogen) atoms. The summed E-state index contributed by atoms with van der Waals surface area (Å²) in [5.41, 5.74) is 3.29. The van der Waals surface area contributed by atoms with Gasteiger partial charge in [0.25, 0.3) is 11.8 Å². The van der Waals surface area contributed by atoms with Crippen molar-refractivity contribution in [1.29, 1.82) is 0 Å². The molecule has 3 heterocycles. The molecule has 1 fully saturated rings. The Bertz CT molecular complexity index is 1750. The zero-order valence-electron chi connectivity index (χ0n) is 22.8. The number of rotatable bonds is 7. The van der Waals surface area contributed by atoms with E-state index in [0.29, 0.717) is 5.75 Å². The number of urea groups is 1. The van der Waals surface area contributed by atoms with Gasteiger partial charge in [-0.15, -0.1) is 0 Å². The van der Waals surface area contributed by atoms with Crippen LogP contribution in [0.25, 0.3) is 10.9 Å². The zero-order valence-corrected chi connectivity index (χ0v) is 22.8. The number of ether oxygens (including phenoxy) is 1. The Hall–Kier alpha value is -5.16. The number of aromatic amines is 1. The van der Waals surface area contributed by atoms with Crippen LogP contribution < -0.4 is 15.0 Å². The molecule has 4 amide bonds. The lowest BCUT2D eigenvalue weighted by Crippen LogP contribution is -2.48. The zero-order chi connectivity index (χ0) is 29.7. The molecule has 4 aromatic rings. The van der Waals surface area contributed by atoms with Crippen LogP contribution >= 0.6 is 0 Å². The number of aliphatic carboxylic acids is 1. The van der Waals surface area contributed by atoms with Crippen molar-refractivity contribution in [2.24, 2.45) is 0 Å². The molecule has 2 aliphatic rings. The number of methoxy groups -OCH3 is 1. The van der Waals surface area contributed by atoms with Crippen LogP contribution in [0.4, 0.5) is 10.5 Å². The van der Waals surface area contributed by atoms with Gasteiger partial charge in [0.15, 0.2) is 6.04 Å². The third-order valence-corrected chi connectivity index (χ3v) is 7.88. The third-order valence-electron chi connectivity index (χ3n) is 7.88. The van der Waals surface area contributed by atoms with E-state index in [1.165, 1.54) is 24.0 Å². The molecule has 6 rings (SSSR count). The smallest absolute Gasteiger partial charge is 0.332 e. The summed E-state index contributed by atoms with van der Waals surface area (Å²) >= 11 is 0. The van der Waals surface area contributed by atoms with Gasteiger partial charge in [-0.05, 0) is 48.4 Å². The number of para-hydroxylation sites is 2. The summed E-state index contributed by atoms with van der Waals surface area (Å²) in [5, 5.41) is 22.6. The van der Waals surface area contributed by atoms with E-state index in [4.69, 9.17) is 4.74 Å². The lowest BCUT2D eigenvalue weighted by molar-refractivity contribution is -0.141. The van der Waals surface area contributed by atoms with Crippen LogP contribution in [0.3, 0.4) is 0 Å². The average molecular weight is 569 g/mol. The van der Waals surface area contributed by atoms with E-state index >= 15 is 0 Å². The number of carboxylic acid groups (broad SMARTS) is 1. The number of hydrogen-bond acceptors (Lipinski definition) is 6. The molecule has 11 heteroatoms. The lowest BCUT2D eigenvalue weighted by atomic mass is 9.89. The van der Waals surface area contributed by atoms with Crippen molar-refractivity contribution in [2.75, 3.05) is 12.0 Å². The first-order valence-corrected chi connectivity index (χ1v) is 13.4. The minimum absolute atomic E-state index is 0.0204. The first-order valence-electron chi connectivity index (χ1n) is 13.4. The van der Waals surface area contributed by atoms with E-state index in [2.05, 4.69) is 10.3 Å². The number of H-pyrrole nitrogens is 1. The second-order valence-electron chi connectivity index (χ2n) is 10.4. The summed E-state index contributed by atoms with van der Waals surface area (Å²) in [6.45, 7) is 1.24. The van der Waals surface area contributed by atoms with Gasteiger partial charge in [-0.25, -0.2) is 14.5 Å². The van der Waals surface area contributed by atoms with Gasteiger partial charge in [0.05, 0.1) is 24.5 Å². The maximum Gasteiger partial charge on any atom is 0.332 e. The predicted molar refractivity (Wildman–Crippen MR) is 152 cm³/mol. The van der Waals surface area contributed by atoms with Crippen molar-refractivity contribution in [1.82, 2.24) is 15.2 Å². The molecule has 4 N–H and O–H groups in total. The van der Waals surface area contributed by atoms with Gasteiger partial charge in [0.1, 0.15) is 17.8 Å². The molecule has 214 valence electrons. The molecule has 0 radical (unpaired) electrons. The molecule has 1 aromatic heterocycles. The van der Waals surface area contributed by atoms with Crippen LogP contribution in [0.5, 0.6) is 5.75 Å². The number of benzene rings is 3. The highest BCUT2D eigenvalue weighted by molar-refractivity contribution is 6.24. The number of amides is 4. The number of imide groups is 1. The maximum absolute atomic E-state index is 14.2. The van der Waals surface area contributed by atoms with Crippen LogP contribution in [0.2, 0.25) is 0 Å². The number of aliphatic hydroxyl groups is 1. The molecule has 1 saturated heterocycles. The topological polar surface area (TPSA) is 152 Å². The van der Waals surface area contributed by atoms with Crippen LogP contribution in [-0.4, -0.2) is 69.2 Å². The molecule has 4 atom stereocenters. The number of carboxylic acids is 1. The van der Waals surface area contributed by atoms with Gasteiger partial charge in [-0.2, -0.15) is 0 Å². The second kappa shape index (κ2) is 10.3. The molecule has 3 aromatic carbocycles. The fourth-order valence-corrected chi connectivity index (χ4v) is 5.92. The van der Waals surface area contributed by atoms with Crippen LogP contribution in [0, 0.1) is 0 Å². The Balaban J connectivity index is 1.45. The summed E-state index contributed by atoms with van der Waals surface area (Å²) in [6.07, 6.45) is -1.12. The molecule has 0 aliphatic carbocycles. The fraction of sp³-hybridized carbons (Fsp3) is 0.226. The molecule has 2 aliphatic heterocycles. The number of nitrogens with zero attached hydrogens (tertiary/aromatic N) is 2. The summed E-state index contributed by atoms with van der Waals surface area (Å²) in [7, 11) is 1.55. The number of fused-ring (bicyclic) bond motifs is 4. The number of carbonyl (C=O) groups excluding carboxylic acids is 3. The SMILES string of the molecule is COc1cccc(C2c3[nH]c4ccccc4c3CC3C(=O)N(c4ccccc4C(=O)NC(C(=O)O)C(C)O)C(=O)N32)c1. The van der Waals surface area contributed by atoms with E-state index in [1.807, 2.05) is 42.5 Å². The predicted octanol–water partition coefficient (Wildman–Crippen LogP) is 3.22. The highest BCUT2D eigenvalue weighted by atomic mass is 16.5. The first-order chi connectivity index (χ1) is 20.2. The molecule has 11 nitrogen and oxygen atoms in total. The van der Waals surface area contributed by atoms with Gasteiger partial charge < -0.3 is 25.3 Å². The van der Waals surface area contributed by atoms with E-state index in [-0.39, 0.29) is 17.7 Å². The molecule has 0 saturated carbocycles. The van der Waals surface area contributed by atoms with Crippen molar-refractivity contribution in [2.45, 2.75) is 37.6 Å². The second-order valence-corrected chi connectivity index (χ2v) is 10.4. The normalized spacial score (nSPS) is 19.3. The number of carbonyl (C=O) groups is 4. The number of aromatic nitrogens is 1. The number of aliphatic hydroxyl groups excluding tert-OH is 1. The van der Waals surface area contributed by atoms with E-state index in [0.717, 1.165) is 32.6 Å². The lowest BCUT2D eigenvalue weighted by Gasteiger charge is -2.36. The summed E-state index contributed by atoms with van der Waals surface area (Å²) in [6, 6.07) is 17.4. The monoisotopic (exact) mass is 568 g/mol. The minimum atomic E-state index is -1.59. The Morgan fingerprint density at radius 1 is 1.05 bits per heavy atom. The van der Waals surface area contributed by atoms with Gasteiger partial charge in [0.2, 0.25) is 0 Å². The van der Waals surface area contributed by atoms with Crippen molar-refractivity contribution in [3.8, 4) is 5.75 Å². The standard InChI is InChI=1S/C31H28N4O7/c1-16(36)25(30(39)40)33-28(37)20-11-4-6-13-23(20)35-29(38)24-15-21-19-10-3-5-12-22(19)32-26(21)27(34(24)31(35)41)17-8-7-9-18(14-17)42-2/h3-14,16,24-25,27,32,36H,15H2,1-2H3,(H,33,37)(H,39,40). The molecular weight excluding hydrogens is 540 g/mol. The molecular formula is C31H28N4O7. The molecule has 0 spiro atoms. The third kappa shape index (κ3) is 4.25. The van der Waals surface area contributed by atoms with Gasteiger partial charge in [0, 0.05) is 23.0 Å². The van der Waals surface area contributed by atoms with Gasteiger partial charge in [-0.3, -0.25) is 14.5 Å². The van der Waals surface area contributed by atoms with Gasteiger partial charge in [-0.1, -0.05) is 42.5 Å². The Kier molecular flexibility index (Phi) is 6.66. The summed E-state index contributed by atoms with van der Waals surface area (Å²) < 4.78 is 5.45. The Morgan fingerprint density at radius 2 is 1.79 bits per heavy atom. The summed E-state index contributed by atoms with van der Waals surface area (Å²) in [5.74, 6) is -2.18.